The first-order valence-corrected chi connectivity index (χ1v) is 4.27. The molecular weight excluding hydrogens is 118 g/mol. The fourth-order valence-corrected chi connectivity index (χ4v) is 1.83. The highest BCUT2D eigenvalue weighted by Crippen LogP contribution is 2.31. The maximum absolute atomic E-state index is 5.58. The van der Waals surface area contributed by atoms with Gasteiger partial charge in [-0.05, 0) is 18.3 Å². The average Bonchev–Trinajstić information content (AvgIpc) is 2.05. The van der Waals surface area contributed by atoms with E-state index in [0.717, 1.165) is 24.5 Å². The summed E-state index contributed by atoms with van der Waals surface area (Å²) in [6, 6.07) is 0. The zero-order chi connectivity index (χ0) is 7.40. The molecule has 0 amide bonds. The Labute approximate surface area is 66.6 Å². The van der Waals surface area contributed by atoms with Crippen molar-refractivity contribution in [3.8, 4) is 0 Å². The molecule has 0 bridgehead atoms. The van der Waals surface area contributed by atoms with E-state index in [0.29, 0.717) is 0 Å². The van der Waals surface area contributed by atoms with Gasteiger partial charge in [0, 0.05) is 0 Å². The van der Waals surface area contributed by atoms with Crippen LogP contribution in [0.2, 0.25) is 12.6 Å². The van der Waals surface area contributed by atoms with Crippen LogP contribution in [0.4, 0.5) is 0 Å². The van der Waals surface area contributed by atoms with Gasteiger partial charge in [0.25, 0.3) is 0 Å². The van der Waals surface area contributed by atoms with Gasteiger partial charge in [0.1, 0.15) is 0 Å². The smallest absolute Gasteiger partial charge is 0.0656 e. The molecule has 2 heteroatoms. The third-order valence-corrected chi connectivity index (χ3v) is 2.56. The molecule has 0 aliphatic heterocycles. The molecule has 0 aromatic rings. The lowest BCUT2D eigenvalue weighted by atomic mass is 9.72. The molecule has 2 unspecified atom stereocenters. The molecule has 4 radical (unpaired) electrons. The van der Waals surface area contributed by atoms with Crippen molar-refractivity contribution in [1.29, 1.82) is 0 Å². The lowest BCUT2D eigenvalue weighted by Gasteiger charge is -2.27. The number of hydrogen-bond donors (Lipinski definition) is 0. The van der Waals surface area contributed by atoms with Crippen LogP contribution in [0.3, 0.4) is 0 Å². The number of rotatable bonds is 2. The molecule has 0 heterocycles. The van der Waals surface area contributed by atoms with E-state index in [1.54, 1.807) is 0 Å². The summed E-state index contributed by atoms with van der Waals surface area (Å²) in [6.07, 6.45) is 6.98. The van der Waals surface area contributed by atoms with Gasteiger partial charge in [0.2, 0.25) is 0 Å². The molecule has 0 aromatic heterocycles. The second-order valence-electron chi connectivity index (χ2n) is 3.37. The molecular formula is C8H14B2. The first-order chi connectivity index (χ1) is 4.86. The second-order valence-corrected chi connectivity index (χ2v) is 3.37. The van der Waals surface area contributed by atoms with Gasteiger partial charge in [-0.1, -0.05) is 31.9 Å². The van der Waals surface area contributed by atoms with Crippen LogP contribution in [0.15, 0.2) is 0 Å². The fourth-order valence-electron chi connectivity index (χ4n) is 1.83. The van der Waals surface area contributed by atoms with Crippen LogP contribution in [-0.4, -0.2) is 15.7 Å². The molecule has 0 N–H and O–H groups in total. The molecule has 0 aromatic carbocycles. The van der Waals surface area contributed by atoms with Gasteiger partial charge in [-0.3, -0.25) is 0 Å². The van der Waals surface area contributed by atoms with Crippen molar-refractivity contribution in [1.82, 2.24) is 0 Å². The van der Waals surface area contributed by atoms with Crippen molar-refractivity contribution in [2.75, 3.05) is 0 Å². The van der Waals surface area contributed by atoms with E-state index in [1.807, 2.05) is 0 Å². The first kappa shape index (κ1) is 8.23. The van der Waals surface area contributed by atoms with Crippen LogP contribution >= 0.6 is 0 Å². The molecule has 0 saturated heterocycles. The van der Waals surface area contributed by atoms with Gasteiger partial charge in [-0.25, -0.2) is 0 Å². The van der Waals surface area contributed by atoms with Crippen LogP contribution in [0.1, 0.15) is 25.7 Å². The highest BCUT2D eigenvalue weighted by molar-refractivity contribution is 6.09. The Balaban J connectivity index is 2.25. The Hall–Kier alpha value is 0.130. The van der Waals surface area contributed by atoms with Crippen molar-refractivity contribution in [2.45, 2.75) is 38.3 Å². The van der Waals surface area contributed by atoms with Crippen LogP contribution in [-0.2, 0) is 0 Å². The summed E-state index contributed by atoms with van der Waals surface area (Å²) in [5.74, 6) is 1.53. The van der Waals surface area contributed by atoms with Crippen molar-refractivity contribution >= 4 is 15.7 Å². The van der Waals surface area contributed by atoms with Gasteiger partial charge in [-0.15, -0.1) is 0 Å². The Bertz CT molecular complexity index is 83.3. The van der Waals surface area contributed by atoms with Crippen LogP contribution in [0, 0.1) is 11.8 Å². The summed E-state index contributed by atoms with van der Waals surface area (Å²) in [7, 11) is 11.2. The monoisotopic (exact) mass is 132 g/mol. The van der Waals surface area contributed by atoms with Crippen LogP contribution in [0.25, 0.3) is 0 Å². The molecule has 1 rings (SSSR count). The van der Waals surface area contributed by atoms with Gasteiger partial charge in [0.15, 0.2) is 0 Å². The zero-order valence-electron chi connectivity index (χ0n) is 6.55. The van der Waals surface area contributed by atoms with Crippen LogP contribution in [0.5, 0.6) is 0 Å². The Morgan fingerprint density at radius 3 is 1.90 bits per heavy atom. The molecule has 1 aliphatic rings. The molecule has 2 atom stereocenters. The van der Waals surface area contributed by atoms with Gasteiger partial charge < -0.3 is 0 Å². The van der Waals surface area contributed by atoms with Crippen molar-refractivity contribution in [3.05, 3.63) is 0 Å². The van der Waals surface area contributed by atoms with Gasteiger partial charge in [-0.2, -0.15) is 0 Å². The standard InChI is InChI=1S/C8H14B2/c9-5-7-2-1-3-8(4-7)6-10/h7-8H,1-6H2. The third-order valence-electron chi connectivity index (χ3n) is 2.56. The Kier molecular flexibility index (Phi) is 3.37. The quantitative estimate of drug-likeness (QED) is 0.503. The number of hydrogen-bond acceptors (Lipinski definition) is 0. The summed E-state index contributed by atoms with van der Waals surface area (Å²) in [5, 5.41) is 0. The zero-order valence-corrected chi connectivity index (χ0v) is 6.55. The summed E-state index contributed by atoms with van der Waals surface area (Å²) in [5.41, 5.74) is 0. The van der Waals surface area contributed by atoms with Crippen molar-refractivity contribution in [2.24, 2.45) is 11.8 Å². The maximum Gasteiger partial charge on any atom is 0.0656 e. The molecule has 0 spiro atoms. The van der Waals surface area contributed by atoms with E-state index in [2.05, 4.69) is 0 Å². The normalized spacial score (nSPS) is 34.0. The van der Waals surface area contributed by atoms with E-state index < -0.39 is 0 Å². The highest BCUT2D eigenvalue weighted by atomic mass is 14.2. The van der Waals surface area contributed by atoms with E-state index in [4.69, 9.17) is 15.7 Å². The SMILES string of the molecule is [B]CC1CCCC(C[B])C1. The Morgan fingerprint density at radius 2 is 1.50 bits per heavy atom. The second kappa shape index (κ2) is 4.10. The minimum absolute atomic E-state index is 0.766. The predicted octanol–water partition coefficient (Wildman–Crippen LogP) is 1.97. The predicted molar refractivity (Wildman–Crippen MR) is 46.6 cm³/mol. The summed E-state index contributed by atoms with van der Waals surface area (Å²) < 4.78 is 0. The Morgan fingerprint density at radius 1 is 1.00 bits per heavy atom. The fraction of sp³-hybridized carbons (Fsp3) is 1.00. The van der Waals surface area contributed by atoms with E-state index in [1.165, 1.54) is 25.7 Å². The molecule has 10 heavy (non-hydrogen) atoms. The van der Waals surface area contributed by atoms with Crippen molar-refractivity contribution in [3.63, 3.8) is 0 Å². The summed E-state index contributed by atoms with van der Waals surface area (Å²) in [4.78, 5) is 0. The van der Waals surface area contributed by atoms with Gasteiger partial charge in [0.05, 0.1) is 15.7 Å². The first-order valence-electron chi connectivity index (χ1n) is 4.27. The minimum Gasteiger partial charge on any atom is -0.0859 e. The maximum atomic E-state index is 5.58. The van der Waals surface area contributed by atoms with E-state index >= 15 is 0 Å². The lowest BCUT2D eigenvalue weighted by Crippen LogP contribution is -2.14. The lowest BCUT2D eigenvalue weighted by molar-refractivity contribution is 0.301. The molecule has 1 saturated carbocycles. The molecule has 0 nitrogen and oxygen atoms in total. The molecule has 52 valence electrons. The largest absolute Gasteiger partial charge is 0.0859 e. The molecule has 1 aliphatic carbocycles. The third kappa shape index (κ3) is 2.07. The summed E-state index contributed by atoms with van der Waals surface area (Å²) >= 11 is 0. The topological polar surface area (TPSA) is 0 Å². The van der Waals surface area contributed by atoms with E-state index in [-0.39, 0.29) is 0 Å². The van der Waals surface area contributed by atoms with Gasteiger partial charge >= 0.3 is 0 Å². The van der Waals surface area contributed by atoms with Crippen LogP contribution < -0.4 is 0 Å². The summed E-state index contributed by atoms with van der Waals surface area (Å²) in [6.45, 7) is 0. The van der Waals surface area contributed by atoms with E-state index in [9.17, 15) is 0 Å². The molecule has 1 fully saturated rings. The minimum atomic E-state index is 0.766. The average molecular weight is 132 g/mol. The van der Waals surface area contributed by atoms with Crippen molar-refractivity contribution < 1.29 is 0 Å². The highest BCUT2D eigenvalue weighted by Gasteiger charge is 2.18.